The van der Waals surface area contributed by atoms with Crippen molar-refractivity contribution in [1.29, 1.82) is 0 Å². The minimum Gasteiger partial charge on any atom is -0.481 e. The minimum atomic E-state index is -1.12. The fourth-order valence-electron chi connectivity index (χ4n) is 4.01. The number of hydrogen-bond acceptors (Lipinski definition) is 10. The largest absolute Gasteiger partial charge is 0.481 e. The van der Waals surface area contributed by atoms with Crippen molar-refractivity contribution >= 4 is 59.3 Å². The van der Waals surface area contributed by atoms with Crippen LogP contribution in [-0.2, 0) is 47.9 Å². The number of nitrogens with one attached hydrogen (secondary N) is 6. The van der Waals surface area contributed by atoms with Crippen molar-refractivity contribution in [2.24, 2.45) is 27.6 Å². The SMILES string of the molecule is CC(C)(C)C(=O)NCCCC(=O)O.CC(C)C(NC(=O)C(C)(C)C)C(=O)NCC(=O)O.CCCC(NC(=O)C(C)(C)C)C(=O)NCC(=O)O.CCCC(NC(=O)C(C)(C)C)C(=O)O. The number of carbonyl (C=O) groups is 10. The number of carboxylic acid groups (broad SMARTS) is 4. The number of aliphatic carboxylic acids is 4. The molecule has 3 atom stereocenters. The van der Waals surface area contributed by atoms with E-state index in [0.717, 1.165) is 12.8 Å². The molecule has 0 aliphatic heterocycles. The summed E-state index contributed by atoms with van der Waals surface area (Å²) in [4.78, 5) is 111. The summed E-state index contributed by atoms with van der Waals surface area (Å²) in [6.45, 7) is 28.1. The van der Waals surface area contributed by atoms with Gasteiger partial charge in [-0.2, -0.15) is 0 Å². The van der Waals surface area contributed by atoms with Crippen LogP contribution in [0.25, 0.3) is 0 Å². The first-order valence-corrected chi connectivity index (χ1v) is 21.0. The van der Waals surface area contributed by atoms with Gasteiger partial charge in [0.2, 0.25) is 35.4 Å². The van der Waals surface area contributed by atoms with E-state index in [1.54, 1.807) is 76.2 Å². The molecule has 3 unspecified atom stereocenters. The molecule has 0 bridgehead atoms. The summed E-state index contributed by atoms with van der Waals surface area (Å²) in [5.74, 6) is -5.83. The van der Waals surface area contributed by atoms with Gasteiger partial charge in [0, 0.05) is 34.6 Å². The summed E-state index contributed by atoms with van der Waals surface area (Å²) >= 11 is 0. The third-order valence-electron chi connectivity index (χ3n) is 8.02. The van der Waals surface area contributed by atoms with E-state index in [-0.39, 0.29) is 36.0 Å². The zero-order valence-electron chi connectivity index (χ0n) is 40.5. The van der Waals surface area contributed by atoms with Crippen LogP contribution in [0.4, 0.5) is 0 Å². The van der Waals surface area contributed by atoms with Crippen molar-refractivity contribution in [3.8, 4) is 0 Å². The van der Waals surface area contributed by atoms with Gasteiger partial charge in [-0.1, -0.05) is 124 Å². The molecule has 0 rings (SSSR count). The van der Waals surface area contributed by atoms with Crippen LogP contribution in [0.15, 0.2) is 0 Å². The van der Waals surface area contributed by atoms with E-state index in [2.05, 4.69) is 31.9 Å². The second-order valence-electron chi connectivity index (χ2n) is 19.1. The molecule has 0 saturated carbocycles. The average molecular weight is 905 g/mol. The number of amides is 6. The lowest BCUT2D eigenvalue weighted by molar-refractivity contribution is -0.143. The quantitative estimate of drug-likeness (QED) is 0.0832. The molecule has 0 aromatic rings. The van der Waals surface area contributed by atoms with Crippen molar-refractivity contribution in [2.75, 3.05) is 19.6 Å². The van der Waals surface area contributed by atoms with Crippen LogP contribution in [0, 0.1) is 27.6 Å². The highest BCUT2D eigenvalue weighted by molar-refractivity contribution is 5.92. The average Bonchev–Trinajstić information content (AvgIpc) is 3.11. The second-order valence-corrected chi connectivity index (χ2v) is 19.1. The van der Waals surface area contributed by atoms with Gasteiger partial charge in [0.15, 0.2) is 0 Å². The van der Waals surface area contributed by atoms with Crippen LogP contribution in [0.5, 0.6) is 0 Å². The van der Waals surface area contributed by atoms with Gasteiger partial charge in [-0.3, -0.25) is 43.2 Å². The van der Waals surface area contributed by atoms with Gasteiger partial charge in [-0.15, -0.1) is 0 Å². The molecule has 20 heteroatoms. The highest BCUT2D eigenvalue weighted by Crippen LogP contribution is 2.16. The van der Waals surface area contributed by atoms with E-state index in [4.69, 9.17) is 20.4 Å². The molecule has 63 heavy (non-hydrogen) atoms. The third kappa shape index (κ3) is 34.9. The molecule has 0 heterocycles. The van der Waals surface area contributed by atoms with E-state index in [1.807, 2.05) is 34.6 Å². The molecule has 0 fully saturated rings. The van der Waals surface area contributed by atoms with Crippen molar-refractivity contribution in [3.63, 3.8) is 0 Å². The molecule has 6 amide bonds. The van der Waals surface area contributed by atoms with Gasteiger partial charge in [0.1, 0.15) is 31.2 Å². The lowest BCUT2D eigenvalue weighted by Gasteiger charge is -2.25. The van der Waals surface area contributed by atoms with Crippen LogP contribution in [0.3, 0.4) is 0 Å². The van der Waals surface area contributed by atoms with Crippen molar-refractivity contribution in [3.05, 3.63) is 0 Å². The highest BCUT2D eigenvalue weighted by Gasteiger charge is 2.30. The van der Waals surface area contributed by atoms with Gasteiger partial charge in [-0.05, 0) is 25.2 Å². The highest BCUT2D eigenvalue weighted by atomic mass is 16.4. The first-order chi connectivity index (χ1) is 28.4. The van der Waals surface area contributed by atoms with Crippen LogP contribution < -0.4 is 31.9 Å². The Morgan fingerprint density at radius 2 is 0.810 bits per heavy atom. The molecule has 0 spiro atoms. The summed E-state index contributed by atoms with van der Waals surface area (Å²) in [6.07, 6.45) is 2.99. The molecule has 0 saturated heterocycles. The summed E-state index contributed by atoms with van der Waals surface area (Å²) < 4.78 is 0. The summed E-state index contributed by atoms with van der Waals surface area (Å²) in [6, 6.07) is -2.16. The fourth-order valence-corrected chi connectivity index (χ4v) is 4.01. The van der Waals surface area contributed by atoms with Crippen molar-refractivity contribution in [2.45, 2.75) is 167 Å². The predicted octanol–water partition coefficient (Wildman–Crippen LogP) is 3.31. The molecule has 10 N–H and O–H groups in total. The number of carboxylic acids is 4. The zero-order chi connectivity index (χ0) is 50.7. The van der Waals surface area contributed by atoms with E-state index in [1.165, 1.54) is 0 Å². The first-order valence-electron chi connectivity index (χ1n) is 21.0. The molecular weight excluding hydrogens is 825 g/mol. The molecular formula is C43H80N6O14. The Kier molecular flexibility index (Phi) is 31.3. The number of carbonyl (C=O) groups excluding carboxylic acids is 6. The van der Waals surface area contributed by atoms with E-state index < -0.39 is 88.6 Å². The topological polar surface area (TPSA) is 324 Å². The van der Waals surface area contributed by atoms with Gasteiger partial charge >= 0.3 is 23.9 Å². The zero-order valence-corrected chi connectivity index (χ0v) is 40.5. The Morgan fingerprint density at radius 3 is 1.13 bits per heavy atom. The second kappa shape index (κ2) is 30.7. The Balaban J connectivity index is -0.000000372. The Morgan fingerprint density at radius 1 is 0.460 bits per heavy atom. The van der Waals surface area contributed by atoms with E-state index in [9.17, 15) is 47.9 Å². The minimum absolute atomic E-state index is 0.0436. The Labute approximate surface area is 373 Å². The van der Waals surface area contributed by atoms with Crippen molar-refractivity contribution < 1.29 is 68.4 Å². The molecule has 0 radical (unpaired) electrons. The number of rotatable bonds is 19. The molecule has 0 aliphatic rings. The van der Waals surface area contributed by atoms with Gasteiger partial charge < -0.3 is 52.3 Å². The first kappa shape index (κ1) is 64.3. The van der Waals surface area contributed by atoms with Gasteiger partial charge in [0.25, 0.3) is 0 Å². The predicted molar refractivity (Wildman–Crippen MR) is 237 cm³/mol. The third-order valence-corrected chi connectivity index (χ3v) is 8.02. The van der Waals surface area contributed by atoms with Crippen LogP contribution in [0.2, 0.25) is 0 Å². The van der Waals surface area contributed by atoms with Crippen LogP contribution >= 0.6 is 0 Å². The number of hydrogen-bond donors (Lipinski definition) is 10. The maximum absolute atomic E-state index is 11.8. The van der Waals surface area contributed by atoms with E-state index in [0.29, 0.717) is 25.8 Å². The monoisotopic (exact) mass is 905 g/mol. The van der Waals surface area contributed by atoms with Gasteiger partial charge in [-0.25, -0.2) is 4.79 Å². The normalized spacial score (nSPS) is 12.6. The molecule has 20 nitrogen and oxygen atoms in total. The standard InChI is InChI=1S/2C12H22N2O4.C10H19NO3.C9H17NO3/c1-7(2)9(10(17)13-6-8(15)16)14-11(18)12(3,4)5;1-5-6-8(10(17)13-7-9(15)16)14-11(18)12(2,3)4;1-5-6-7(8(12)13)11-9(14)10(2,3)4;1-9(2,3)8(13)10-6-4-5-7(11)12/h7,9H,6H2,1-5H3,(H,13,17)(H,14,18)(H,15,16);8H,5-7H2,1-4H3,(H,13,17)(H,14,18)(H,15,16);7H,5-6H2,1-4H3,(H,11,14)(H,12,13);4-6H2,1-3H3,(H,10,13)(H,11,12). The smallest absolute Gasteiger partial charge is 0.326 e. The van der Waals surface area contributed by atoms with Gasteiger partial charge in [0.05, 0.1) is 0 Å². The molecule has 0 aliphatic carbocycles. The summed E-state index contributed by atoms with van der Waals surface area (Å²) in [5.41, 5.74) is -2.12. The molecule has 0 aromatic carbocycles. The van der Waals surface area contributed by atoms with Crippen molar-refractivity contribution in [1.82, 2.24) is 31.9 Å². The lowest BCUT2D eigenvalue weighted by atomic mass is 9.93. The van der Waals surface area contributed by atoms with Crippen LogP contribution in [0.1, 0.15) is 149 Å². The maximum Gasteiger partial charge on any atom is 0.326 e. The summed E-state index contributed by atoms with van der Waals surface area (Å²) in [5, 5.41) is 49.1. The Bertz CT molecular complexity index is 1500. The lowest BCUT2D eigenvalue weighted by Crippen LogP contribution is -2.53. The molecule has 366 valence electrons. The Hall–Kier alpha value is -5.30. The van der Waals surface area contributed by atoms with Crippen LogP contribution in [-0.4, -0.2) is 118 Å². The fraction of sp³-hybridized carbons (Fsp3) is 0.767. The maximum atomic E-state index is 11.8. The molecule has 0 aromatic heterocycles. The van der Waals surface area contributed by atoms with E-state index >= 15 is 0 Å². The summed E-state index contributed by atoms with van der Waals surface area (Å²) in [7, 11) is 0.